The lowest BCUT2D eigenvalue weighted by Crippen LogP contribution is -2.43. The summed E-state index contributed by atoms with van der Waals surface area (Å²) >= 11 is 0. The van der Waals surface area contributed by atoms with Gasteiger partial charge in [-0.05, 0) is 25.1 Å². The van der Waals surface area contributed by atoms with Crippen LogP contribution in [0.5, 0.6) is 0 Å². The molecule has 8 heteroatoms. The normalized spacial score (nSPS) is 14.7. The topological polar surface area (TPSA) is 87.5 Å². The summed E-state index contributed by atoms with van der Waals surface area (Å²) in [7, 11) is 0. The molecule has 4 aromatic heterocycles. The second-order valence-corrected chi connectivity index (χ2v) is 6.89. The molecule has 142 valence electrons. The number of hydrogen-bond acceptors (Lipinski definition) is 6. The van der Waals surface area contributed by atoms with Crippen molar-refractivity contribution in [3.8, 4) is 22.6 Å². The third-order valence-electron chi connectivity index (χ3n) is 5.12. The first-order valence-electron chi connectivity index (χ1n) is 9.62. The number of fused-ring (bicyclic) bond motifs is 1. The molecule has 1 aliphatic heterocycles. The van der Waals surface area contributed by atoms with Crippen LogP contribution >= 0.6 is 0 Å². The number of anilines is 1. The third-order valence-corrected chi connectivity index (χ3v) is 5.12. The molecule has 0 spiro atoms. The molecule has 0 radical (unpaired) electrons. The number of aryl methyl sites for hydroxylation is 1. The van der Waals surface area contributed by atoms with Crippen LogP contribution in [0, 0.1) is 0 Å². The molecular formula is C20H22N8. The van der Waals surface area contributed by atoms with E-state index in [4.69, 9.17) is 4.98 Å². The molecule has 1 saturated heterocycles. The summed E-state index contributed by atoms with van der Waals surface area (Å²) in [4.78, 5) is 11.8. The Bertz CT molecular complexity index is 1110. The van der Waals surface area contributed by atoms with E-state index < -0.39 is 0 Å². The Labute approximate surface area is 162 Å². The maximum Gasteiger partial charge on any atom is 0.129 e. The first kappa shape index (κ1) is 16.9. The fourth-order valence-corrected chi connectivity index (χ4v) is 3.56. The molecule has 4 aromatic rings. The largest absolute Gasteiger partial charge is 0.354 e. The summed E-state index contributed by atoms with van der Waals surface area (Å²) in [6.45, 7) is 6.80. The highest BCUT2D eigenvalue weighted by atomic mass is 15.3. The zero-order valence-electron chi connectivity index (χ0n) is 15.8. The molecule has 2 N–H and O–H groups in total. The van der Waals surface area contributed by atoms with Gasteiger partial charge in [-0.3, -0.25) is 14.8 Å². The van der Waals surface area contributed by atoms with Crippen LogP contribution in [-0.2, 0) is 6.54 Å². The zero-order valence-corrected chi connectivity index (χ0v) is 15.8. The summed E-state index contributed by atoms with van der Waals surface area (Å²) in [6.07, 6.45) is 5.68. The van der Waals surface area contributed by atoms with Gasteiger partial charge in [-0.25, -0.2) is 4.98 Å². The summed E-state index contributed by atoms with van der Waals surface area (Å²) in [5.41, 5.74) is 4.49. The molecule has 5 heterocycles. The van der Waals surface area contributed by atoms with E-state index in [9.17, 15) is 0 Å². The maximum atomic E-state index is 4.89. The van der Waals surface area contributed by atoms with Crippen molar-refractivity contribution in [3.63, 3.8) is 0 Å². The van der Waals surface area contributed by atoms with Gasteiger partial charge in [0.15, 0.2) is 0 Å². The van der Waals surface area contributed by atoms with Crippen LogP contribution in [0.3, 0.4) is 0 Å². The van der Waals surface area contributed by atoms with Gasteiger partial charge in [-0.2, -0.15) is 10.2 Å². The van der Waals surface area contributed by atoms with Gasteiger partial charge in [0.05, 0.1) is 29.3 Å². The Morgan fingerprint density at radius 3 is 2.82 bits per heavy atom. The SMILES string of the molecule is CCn1cc(-c2cc3c(-c4cccc(N5CCNCC5)n4)n[nH]c3cn2)cn1. The molecule has 5 rings (SSSR count). The first-order chi connectivity index (χ1) is 13.8. The van der Waals surface area contributed by atoms with Crippen LogP contribution < -0.4 is 10.2 Å². The van der Waals surface area contributed by atoms with Crippen LogP contribution in [-0.4, -0.2) is 56.1 Å². The predicted molar refractivity (Wildman–Crippen MR) is 109 cm³/mol. The van der Waals surface area contributed by atoms with Crippen LogP contribution in [0.25, 0.3) is 33.5 Å². The lowest BCUT2D eigenvalue weighted by atomic mass is 10.1. The second-order valence-electron chi connectivity index (χ2n) is 6.89. The molecule has 0 unspecified atom stereocenters. The maximum absolute atomic E-state index is 4.89. The molecular weight excluding hydrogens is 352 g/mol. The summed E-state index contributed by atoms with van der Waals surface area (Å²) in [6, 6.07) is 8.18. The molecule has 28 heavy (non-hydrogen) atoms. The monoisotopic (exact) mass is 374 g/mol. The summed E-state index contributed by atoms with van der Waals surface area (Å²) < 4.78 is 1.90. The number of piperazine rings is 1. The van der Waals surface area contributed by atoms with Gasteiger partial charge in [0, 0.05) is 49.9 Å². The lowest BCUT2D eigenvalue weighted by molar-refractivity contribution is 0.585. The van der Waals surface area contributed by atoms with Gasteiger partial charge in [-0.15, -0.1) is 0 Å². The molecule has 0 amide bonds. The number of pyridine rings is 2. The van der Waals surface area contributed by atoms with Gasteiger partial charge < -0.3 is 10.2 Å². The molecule has 0 saturated carbocycles. The van der Waals surface area contributed by atoms with Gasteiger partial charge in [-0.1, -0.05) is 6.07 Å². The van der Waals surface area contributed by atoms with Crippen molar-refractivity contribution in [3.05, 3.63) is 42.9 Å². The van der Waals surface area contributed by atoms with E-state index in [1.807, 2.05) is 35.4 Å². The molecule has 8 nitrogen and oxygen atoms in total. The molecule has 1 fully saturated rings. The van der Waals surface area contributed by atoms with Crippen molar-refractivity contribution < 1.29 is 0 Å². The van der Waals surface area contributed by atoms with Crippen molar-refractivity contribution in [2.45, 2.75) is 13.5 Å². The Kier molecular flexibility index (Phi) is 4.25. The highest BCUT2D eigenvalue weighted by Gasteiger charge is 2.16. The standard InChI is InChI=1S/C20H22N8/c1-2-28-13-14(11-23-28)17-10-15-18(12-22-17)25-26-20(15)16-4-3-5-19(24-16)27-8-6-21-7-9-27/h3-5,10-13,21H,2,6-9H2,1H3,(H,25,26). The number of aromatic amines is 1. The molecule has 1 aliphatic rings. The fourth-order valence-electron chi connectivity index (χ4n) is 3.56. The van der Waals surface area contributed by atoms with E-state index in [0.717, 1.165) is 72.1 Å². The number of nitrogens with zero attached hydrogens (tertiary/aromatic N) is 6. The third kappa shape index (κ3) is 3.01. The van der Waals surface area contributed by atoms with E-state index in [2.05, 4.69) is 49.6 Å². The highest BCUT2D eigenvalue weighted by Crippen LogP contribution is 2.29. The zero-order chi connectivity index (χ0) is 18.9. The van der Waals surface area contributed by atoms with Gasteiger partial charge >= 0.3 is 0 Å². The van der Waals surface area contributed by atoms with E-state index >= 15 is 0 Å². The predicted octanol–water partition coefficient (Wildman–Crippen LogP) is 2.31. The molecule has 0 aliphatic carbocycles. The van der Waals surface area contributed by atoms with Gasteiger partial charge in [0.1, 0.15) is 11.5 Å². The Morgan fingerprint density at radius 1 is 1.11 bits per heavy atom. The van der Waals surface area contributed by atoms with Crippen LogP contribution in [0.2, 0.25) is 0 Å². The van der Waals surface area contributed by atoms with Crippen molar-refractivity contribution in [2.24, 2.45) is 0 Å². The second kappa shape index (κ2) is 7.05. The van der Waals surface area contributed by atoms with E-state index in [0.29, 0.717) is 0 Å². The summed E-state index contributed by atoms with van der Waals surface area (Å²) in [5, 5.41) is 16.4. The van der Waals surface area contributed by atoms with E-state index in [-0.39, 0.29) is 0 Å². The van der Waals surface area contributed by atoms with Gasteiger partial charge in [0.2, 0.25) is 0 Å². The van der Waals surface area contributed by atoms with Crippen LogP contribution in [0.1, 0.15) is 6.92 Å². The van der Waals surface area contributed by atoms with E-state index in [1.165, 1.54) is 0 Å². The fraction of sp³-hybridized carbons (Fsp3) is 0.300. The van der Waals surface area contributed by atoms with E-state index in [1.54, 1.807) is 0 Å². The van der Waals surface area contributed by atoms with Crippen LogP contribution in [0.4, 0.5) is 5.82 Å². The van der Waals surface area contributed by atoms with Crippen molar-refractivity contribution in [2.75, 3.05) is 31.1 Å². The lowest BCUT2D eigenvalue weighted by Gasteiger charge is -2.28. The van der Waals surface area contributed by atoms with Crippen molar-refractivity contribution in [1.82, 2.24) is 35.3 Å². The highest BCUT2D eigenvalue weighted by molar-refractivity contribution is 5.93. The minimum Gasteiger partial charge on any atom is -0.354 e. The average Bonchev–Trinajstić information content (AvgIpc) is 3.41. The first-order valence-corrected chi connectivity index (χ1v) is 9.62. The Morgan fingerprint density at radius 2 is 2.00 bits per heavy atom. The Hall–Kier alpha value is -3.26. The summed E-state index contributed by atoms with van der Waals surface area (Å²) in [5.74, 6) is 0.994. The van der Waals surface area contributed by atoms with Crippen LogP contribution in [0.15, 0.2) is 42.9 Å². The van der Waals surface area contributed by atoms with Crippen molar-refractivity contribution >= 4 is 16.7 Å². The average molecular weight is 374 g/mol. The number of hydrogen-bond donors (Lipinski definition) is 2. The molecule has 0 bridgehead atoms. The number of rotatable bonds is 4. The smallest absolute Gasteiger partial charge is 0.129 e. The number of aromatic nitrogens is 6. The van der Waals surface area contributed by atoms with Gasteiger partial charge in [0.25, 0.3) is 0 Å². The quantitative estimate of drug-likeness (QED) is 0.570. The molecule has 0 aromatic carbocycles. The minimum atomic E-state index is 0.835. The number of nitrogens with one attached hydrogen (secondary N) is 2. The number of H-pyrrole nitrogens is 1. The minimum absolute atomic E-state index is 0.835. The molecule has 0 atom stereocenters. The Balaban J connectivity index is 1.54. The van der Waals surface area contributed by atoms with Crippen molar-refractivity contribution in [1.29, 1.82) is 0 Å².